The van der Waals surface area contributed by atoms with Crippen molar-refractivity contribution in [1.29, 1.82) is 0 Å². The van der Waals surface area contributed by atoms with E-state index in [-0.39, 0.29) is 19.9 Å². The van der Waals surface area contributed by atoms with Crippen molar-refractivity contribution in [2.24, 2.45) is 5.73 Å². The van der Waals surface area contributed by atoms with Crippen LogP contribution < -0.4 is 19.9 Å². The molecule has 5 nitrogen and oxygen atoms in total. The van der Waals surface area contributed by atoms with Gasteiger partial charge in [-0.05, 0) is 19.1 Å². The maximum Gasteiger partial charge on any atom is 0.231 e. The van der Waals surface area contributed by atoms with Gasteiger partial charge < -0.3 is 25.1 Å². The van der Waals surface area contributed by atoms with Gasteiger partial charge in [-0.1, -0.05) is 0 Å². The molecule has 1 aliphatic heterocycles. The van der Waals surface area contributed by atoms with Crippen molar-refractivity contribution in [2.75, 3.05) is 19.9 Å². The van der Waals surface area contributed by atoms with Gasteiger partial charge in [-0.15, -0.1) is 0 Å². The largest absolute Gasteiger partial charge is 0.490 e. The maximum absolute atomic E-state index is 9.67. The zero-order chi connectivity index (χ0) is 11.6. The molecule has 88 valence electrons. The van der Waals surface area contributed by atoms with Gasteiger partial charge in [-0.3, -0.25) is 0 Å². The van der Waals surface area contributed by atoms with Gasteiger partial charge >= 0.3 is 0 Å². The van der Waals surface area contributed by atoms with E-state index in [1.165, 1.54) is 0 Å². The van der Waals surface area contributed by atoms with E-state index in [1.807, 2.05) is 0 Å². The third-order valence-electron chi connectivity index (χ3n) is 2.33. The lowest BCUT2D eigenvalue weighted by atomic mass is 10.1. The minimum Gasteiger partial charge on any atom is -0.490 e. The fourth-order valence-corrected chi connectivity index (χ4v) is 1.26. The third-order valence-corrected chi connectivity index (χ3v) is 2.33. The molecule has 16 heavy (non-hydrogen) atoms. The summed E-state index contributed by atoms with van der Waals surface area (Å²) in [5.74, 6) is 1.99. The molecular weight excluding hydrogens is 210 g/mol. The average molecular weight is 225 g/mol. The normalized spacial score (nSPS) is 16.9. The lowest BCUT2D eigenvalue weighted by Crippen LogP contribution is -2.40. The Kier molecular flexibility index (Phi) is 2.89. The summed E-state index contributed by atoms with van der Waals surface area (Å²) >= 11 is 0. The molecule has 1 atom stereocenters. The summed E-state index contributed by atoms with van der Waals surface area (Å²) in [6.45, 7) is 2.15. The molecule has 3 N–H and O–H groups in total. The fourth-order valence-electron chi connectivity index (χ4n) is 1.26. The quantitative estimate of drug-likeness (QED) is 0.780. The second-order valence-electron chi connectivity index (χ2n) is 4.00. The Morgan fingerprint density at radius 1 is 1.44 bits per heavy atom. The van der Waals surface area contributed by atoms with Crippen LogP contribution in [0.5, 0.6) is 17.2 Å². The molecule has 0 aromatic heterocycles. The molecule has 0 aliphatic carbocycles. The Morgan fingerprint density at radius 2 is 2.19 bits per heavy atom. The van der Waals surface area contributed by atoms with E-state index in [0.29, 0.717) is 17.2 Å². The first kappa shape index (κ1) is 11.0. The maximum atomic E-state index is 9.67. The number of hydrogen-bond donors (Lipinski definition) is 2. The van der Waals surface area contributed by atoms with E-state index in [4.69, 9.17) is 19.9 Å². The number of benzene rings is 1. The van der Waals surface area contributed by atoms with Crippen LogP contribution in [0.15, 0.2) is 18.2 Å². The van der Waals surface area contributed by atoms with Crippen molar-refractivity contribution in [3.8, 4) is 17.2 Å². The molecule has 1 aromatic rings. The van der Waals surface area contributed by atoms with Gasteiger partial charge in [0.25, 0.3) is 0 Å². The summed E-state index contributed by atoms with van der Waals surface area (Å²) in [4.78, 5) is 0. The summed E-state index contributed by atoms with van der Waals surface area (Å²) in [6, 6.07) is 5.27. The van der Waals surface area contributed by atoms with Gasteiger partial charge in [0, 0.05) is 12.6 Å². The van der Waals surface area contributed by atoms with E-state index in [1.54, 1.807) is 25.1 Å². The lowest BCUT2D eigenvalue weighted by Gasteiger charge is -2.21. The van der Waals surface area contributed by atoms with Crippen molar-refractivity contribution >= 4 is 0 Å². The predicted molar refractivity (Wildman–Crippen MR) is 57.7 cm³/mol. The molecule has 0 radical (unpaired) electrons. The minimum absolute atomic E-state index is 0.142. The summed E-state index contributed by atoms with van der Waals surface area (Å²) in [6.07, 6.45) is 0. The standard InChI is InChI=1S/C11H15NO4/c1-11(13,5-12)6-14-8-2-3-9-10(4-8)16-7-15-9/h2-4,13H,5-7,12H2,1H3. The van der Waals surface area contributed by atoms with Crippen molar-refractivity contribution in [1.82, 2.24) is 0 Å². The minimum atomic E-state index is -1.02. The Labute approximate surface area is 93.7 Å². The molecule has 5 heteroatoms. The molecule has 1 aromatic carbocycles. The van der Waals surface area contributed by atoms with Crippen LogP contribution in [-0.2, 0) is 0 Å². The van der Waals surface area contributed by atoms with Gasteiger partial charge in [-0.2, -0.15) is 0 Å². The van der Waals surface area contributed by atoms with Crippen LogP contribution in [0, 0.1) is 0 Å². The van der Waals surface area contributed by atoms with Crippen LogP contribution in [-0.4, -0.2) is 30.7 Å². The van der Waals surface area contributed by atoms with Gasteiger partial charge in [0.2, 0.25) is 6.79 Å². The van der Waals surface area contributed by atoms with Crippen molar-refractivity contribution in [2.45, 2.75) is 12.5 Å². The van der Waals surface area contributed by atoms with Gasteiger partial charge in [0.15, 0.2) is 11.5 Å². The second-order valence-corrected chi connectivity index (χ2v) is 4.00. The number of nitrogens with two attached hydrogens (primary N) is 1. The molecule has 0 saturated heterocycles. The smallest absolute Gasteiger partial charge is 0.231 e. The van der Waals surface area contributed by atoms with Crippen LogP contribution in [0.1, 0.15) is 6.92 Å². The number of fused-ring (bicyclic) bond motifs is 1. The zero-order valence-corrected chi connectivity index (χ0v) is 9.10. The molecule has 0 spiro atoms. The first-order valence-corrected chi connectivity index (χ1v) is 5.06. The van der Waals surface area contributed by atoms with E-state index in [9.17, 15) is 5.11 Å². The molecule has 0 fully saturated rings. The highest BCUT2D eigenvalue weighted by Gasteiger charge is 2.20. The molecule has 2 rings (SSSR count). The Hall–Kier alpha value is -1.46. The van der Waals surface area contributed by atoms with Gasteiger partial charge in [-0.25, -0.2) is 0 Å². The lowest BCUT2D eigenvalue weighted by molar-refractivity contribution is 0.0195. The first-order valence-electron chi connectivity index (χ1n) is 5.06. The SMILES string of the molecule is CC(O)(CN)COc1ccc2c(c1)OCO2. The zero-order valence-electron chi connectivity index (χ0n) is 9.10. The van der Waals surface area contributed by atoms with E-state index < -0.39 is 5.60 Å². The van der Waals surface area contributed by atoms with E-state index >= 15 is 0 Å². The van der Waals surface area contributed by atoms with E-state index in [2.05, 4.69) is 0 Å². The highest BCUT2D eigenvalue weighted by Crippen LogP contribution is 2.35. The Morgan fingerprint density at radius 3 is 2.94 bits per heavy atom. The summed E-state index contributed by atoms with van der Waals surface area (Å²) in [5, 5.41) is 9.67. The fraction of sp³-hybridized carbons (Fsp3) is 0.455. The third kappa shape index (κ3) is 2.37. The summed E-state index contributed by atoms with van der Waals surface area (Å²) < 4.78 is 15.8. The topological polar surface area (TPSA) is 73.9 Å². The summed E-state index contributed by atoms with van der Waals surface area (Å²) in [5.41, 5.74) is 4.37. The predicted octanol–water partition coefficient (Wildman–Crippen LogP) is 0.504. The second kappa shape index (κ2) is 4.19. The number of ether oxygens (including phenoxy) is 3. The van der Waals surface area contributed by atoms with Crippen LogP contribution in [0.25, 0.3) is 0 Å². The Bertz CT molecular complexity index is 378. The van der Waals surface area contributed by atoms with E-state index in [0.717, 1.165) is 0 Å². The van der Waals surface area contributed by atoms with Crippen LogP contribution in [0.3, 0.4) is 0 Å². The van der Waals surface area contributed by atoms with Crippen molar-refractivity contribution < 1.29 is 19.3 Å². The average Bonchev–Trinajstić information content (AvgIpc) is 2.73. The van der Waals surface area contributed by atoms with Gasteiger partial charge in [0.1, 0.15) is 18.0 Å². The van der Waals surface area contributed by atoms with Crippen LogP contribution in [0.4, 0.5) is 0 Å². The molecule has 0 bridgehead atoms. The van der Waals surface area contributed by atoms with Crippen molar-refractivity contribution in [3.63, 3.8) is 0 Å². The van der Waals surface area contributed by atoms with Crippen molar-refractivity contribution in [3.05, 3.63) is 18.2 Å². The molecule has 0 saturated carbocycles. The summed E-state index contributed by atoms with van der Waals surface area (Å²) in [7, 11) is 0. The molecule has 1 unspecified atom stereocenters. The number of rotatable bonds is 4. The van der Waals surface area contributed by atoms with Crippen LogP contribution in [0.2, 0.25) is 0 Å². The molecule has 1 aliphatic rings. The number of hydrogen-bond acceptors (Lipinski definition) is 5. The van der Waals surface area contributed by atoms with Gasteiger partial charge in [0.05, 0.1) is 0 Å². The number of aliphatic hydroxyl groups is 1. The highest BCUT2D eigenvalue weighted by molar-refractivity contribution is 5.46. The highest BCUT2D eigenvalue weighted by atomic mass is 16.7. The molecular formula is C11H15NO4. The Balaban J connectivity index is 2.00. The molecule has 0 amide bonds. The monoisotopic (exact) mass is 225 g/mol. The molecule has 1 heterocycles. The van der Waals surface area contributed by atoms with Crippen LogP contribution >= 0.6 is 0 Å². The first-order chi connectivity index (χ1) is 7.61.